The molecule has 4 aromatic rings. The van der Waals surface area contributed by atoms with Gasteiger partial charge in [0, 0.05) is 48.5 Å². The van der Waals surface area contributed by atoms with Gasteiger partial charge >= 0.3 is 0 Å². The van der Waals surface area contributed by atoms with E-state index in [1.807, 2.05) is 61.8 Å². The summed E-state index contributed by atoms with van der Waals surface area (Å²) in [5, 5.41) is 13.0. The van der Waals surface area contributed by atoms with E-state index < -0.39 is 0 Å². The molecule has 0 spiro atoms. The molecule has 6 heteroatoms. The molecule has 1 aliphatic heterocycles. The van der Waals surface area contributed by atoms with Crippen molar-refractivity contribution in [2.75, 3.05) is 23.3 Å². The van der Waals surface area contributed by atoms with Gasteiger partial charge in [0.2, 0.25) is 5.91 Å². The van der Waals surface area contributed by atoms with Crippen LogP contribution in [0.1, 0.15) is 18.4 Å². The summed E-state index contributed by atoms with van der Waals surface area (Å²) < 4.78 is 2.06. The van der Waals surface area contributed by atoms with Crippen molar-refractivity contribution in [2.45, 2.75) is 19.3 Å². The standard InChI is InChI=1S/C25H25N5O/c1-29-17-19(21-9-2-3-10-23(21)29)16-25(31)26-20-8-6-7-18(15-20)22-11-12-24(28-27-22)30-13-4-5-14-30/h2-3,6-12,15,17H,4-5,13-14,16H2,1H3,(H,26,31). The lowest BCUT2D eigenvalue weighted by molar-refractivity contribution is -0.115. The van der Waals surface area contributed by atoms with E-state index in [2.05, 4.69) is 37.1 Å². The van der Waals surface area contributed by atoms with Crippen molar-refractivity contribution in [3.63, 3.8) is 0 Å². The van der Waals surface area contributed by atoms with Crippen LogP contribution in [0.25, 0.3) is 22.2 Å². The van der Waals surface area contributed by atoms with Crippen molar-refractivity contribution in [2.24, 2.45) is 7.05 Å². The first-order valence-electron chi connectivity index (χ1n) is 10.7. The highest BCUT2D eigenvalue weighted by molar-refractivity contribution is 5.96. The summed E-state index contributed by atoms with van der Waals surface area (Å²) in [7, 11) is 2.00. The Hall–Kier alpha value is -3.67. The second-order valence-corrected chi connectivity index (χ2v) is 8.06. The predicted molar refractivity (Wildman–Crippen MR) is 124 cm³/mol. The first-order valence-corrected chi connectivity index (χ1v) is 10.7. The van der Waals surface area contributed by atoms with Crippen LogP contribution in [-0.4, -0.2) is 33.8 Å². The molecule has 0 saturated carbocycles. The van der Waals surface area contributed by atoms with Crippen LogP contribution in [-0.2, 0) is 18.3 Å². The summed E-state index contributed by atoms with van der Waals surface area (Å²) in [5.41, 5.74) is 4.64. The minimum atomic E-state index is -0.0380. The summed E-state index contributed by atoms with van der Waals surface area (Å²) in [6.07, 6.45) is 4.78. The van der Waals surface area contributed by atoms with Gasteiger partial charge in [0.15, 0.2) is 5.82 Å². The molecule has 6 nitrogen and oxygen atoms in total. The fourth-order valence-corrected chi connectivity index (χ4v) is 4.29. The average Bonchev–Trinajstić information content (AvgIpc) is 3.43. The van der Waals surface area contributed by atoms with Crippen molar-refractivity contribution in [3.05, 3.63) is 72.4 Å². The van der Waals surface area contributed by atoms with E-state index in [4.69, 9.17) is 0 Å². The Labute approximate surface area is 181 Å². The Kier molecular flexibility index (Phi) is 5.12. The number of nitrogens with one attached hydrogen (secondary N) is 1. The number of aromatic nitrogens is 3. The van der Waals surface area contributed by atoms with E-state index in [-0.39, 0.29) is 5.91 Å². The molecule has 1 amide bonds. The van der Waals surface area contributed by atoms with Gasteiger partial charge in [-0.15, -0.1) is 10.2 Å². The van der Waals surface area contributed by atoms with Crippen LogP contribution in [0.2, 0.25) is 0 Å². The molecule has 0 atom stereocenters. The van der Waals surface area contributed by atoms with E-state index in [1.54, 1.807) is 0 Å². The van der Waals surface area contributed by atoms with Crippen molar-refractivity contribution in [1.82, 2.24) is 14.8 Å². The molecule has 0 bridgehead atoms. The van der Waals surface area contributed by atoms with Gasteiger partial charge in [-0.05, 0) is 48.7 Å². The summed E-state index contributed by atoms with van der Waals surface area (Å²) in [4.78, 5) is 15.0. The lowest BCUT2D eigenvalue weighted by atomic mass is 10.1. The normalized spacial score (nSPS) is 13.6. The van der Waals surface area contributed by atoms with Crippen LogP contribution in [0.3, 0.4) is 0 Å². The Morgan fingerprint density at radius 1 is 1.00 bits per heavy atom. The maximum atomic E-state index is 12.7. The number of hydrogen-bond acceptors (Lipinski definition) is 4. The van der Waals surface area contributed by atoms with Crippen molar-refractivity contribution in [1.29, 1.82) is 0 Å². The Morgan fingerprint density at radius 2 is 1.84 bits per heavy atom. The van der Waals surface area contributed by atoms with Gasteiger partial charge in [-0.1, -0.05) is 30.3 Å². The third-order valence-electron chi connectivity index (χ3n) is 5.85. The molecular formula is C25H25N5O. The molecule has 1 saturated heterocycles. The zero-order valence-corrected chi connectivity index (χ0v) is 17.6. The first kappa shape index (κ1) is 19.3. The molecule has 31 heavy (non-hydrogen) atoms. The zero-order chi connectivity index (χ0) is 21.2. The fraction of sp³-hybridized carbons (Fsp3) is 0.240. The van der Waals surface area contributed by atoms with E-state index >= 15 is 0 Å². The van der Waals surface area contributed by atoms with Crippen LogP contribution >= 0.6 is 0 Å². The lowest BCUT2D eigenvalue weighted by Crippen LogP contribution is -2.19. The van der Waals surface area contributed by atoms with Crippen molar-refractivity contribution >= 4 is 28.3 Å². The third-order valence-corrected chi connectivity index (χ3v) is 5.85. The van der Waals surface area contributed by atoms with Crippen LogP contribution in [0.15, 0.2) is 66.9 Å². The Balaban J connectivity index is 1.30. The summed E-state index contributed by atoms with van der Waals surface area (Å²) in [6, 6.07) is 19.9. The number of nitrogens with zero attached hydrogens (tertiary/aromatic N) is 4. The number of rotatable bonds is 5. The van der Waals surface area contributed by atoms with Crippen LogP contribution in [0.4, 0.5) is 11.5 Å². The fourth-order valence-electron chi connectivity index (χ4n) is 4.29. The molecule has 0 radical (unpaired) electrons. The second-order valence-electron chi connectivity index (χ2n) is 8.06. The maximum absolute atomic E-state index is 12.7. The smallest absolute Gasteiger partial charge is 0.228 e. The molecule has 3 heterocycles. The summed E-state index contributed by atoms with van der Waals surface area (Å²) in [6.45, 7) is 2.10. The number of para-hydroxylation sites is 1. The van der Waals surface area contributed by atoms with E-state index in [0.717, 1.165) is 52.3 Å². The highest BCUT2D eigenvalue weighted by Crippen LogP contribution is 2.24. The van der Waals surface area contributed by atoms with Crippen molar-refractivity contribution < 1.29 is 4.79 Å². The van der Waals surface area contributed by atoms with E-state index in [9.17, 15) is 4.79 Å². The first-order chi connectivity index (χ1) is 15.2. The Bertz CT molecular complexity index is 1220. The topological polar surface area (TPSA) is 63.1 Å². The molecular weight excluding hydrogens is 386 g/mol. The summed E-state index contributed by atoms with van der Waals surface area (Å²) >= 11 is 0. The van der Waals surface area contributed by atoms with Crippen LogP contribution in [0.5, 0.6) is 0 Å². The molecule has 5 rings (SSSR count). The second kappa shape index (κ2) is 8.22. The zero-order valence-electron chi connectivity index (χ0n) is 17.6. The molecule has 156 valence electrons. The van der Waals surface area contributed by atoms with E-state index in [0.29, 0.717) is 6.42 Å². The molecule has 0 unspecified atom stereocenters. The highest BCUT2D eigenvalue weighted by Gasteiger charge is 2.14. The number of carbonyl (C=O) groups excluding carboxylic acids is 1. The predicted octanol–water partition coefficient (Wildman–Crippen LogP) is 4.42. The van der Waals surface area contributed by atoms with E-state index in [1.165, 1.54) is 12.8 Å². The number of amides is 1. The van der Waals surface area contributed by atoms with Gasteiger partial charge in [-0.25, -0.2) is 0 Å². The number of anilines is 2. The molecule has 2 aromatic heterocycles. The quantitative estimate of drug-likeness (QED) is 0.528. The highest BCUT2D eigenvalue weighted by atomic mass is 16.1. The van der Waals surface area contributed by atoms with Gasteiger partial charge in [0.05, 0.1) is 12.1 Å². The number of carbonyl (C=O) groups is 1. The van der Waals surface area contributed by atoms with Gasteiger partial charge in [0.1, 0.15) is 0 Å². The van der Waals surface area contributed by atoms with Crippen LogP contribution in [0, 0.1) is 0 Å². The monoisotopic (exact) mass is 411 g/mol. The summed E-state index contributed by atoms with van der Waals surface area (Å²) in [5.74, 6) is 0.893. The third kappa shape index (κ3) is 4.01. The number of aryl methyl sites for hydroxylation is 1. The number of hydrogen-bond donors (Lipinski definition) is 1. The van der Waals surface area contributed by atoms with Crippen molar-refractivity contribution in [3.8, 4) is 11.3 Å². The SMILES string of the molecule is Cn1cc(CC(=O)Nc2cccc(-c3ccc(N4CCCC4)nn3)c2)c2ccccc21. The number of benzene rings is 2. The maximum Gasteiger partial charge on any atom is 0.228 e. The van der Waals surface area contributed by atoms with Gasteiger partial charge in [-0.2, -0.15) is 0 Å². The lowest BCUT2D eigenvalue weighted by Gasteiger charge is -2.15. The van der Waals surface area contributed by atoms with Gasteiger partial charge in [0.25, 0.3) is 0 Å². The Morgan fingerprint density at radius 3 is 2.65 bits per heavy atom. The number of fused-ring (bicyclic) bond motifs is 1. The average molecular weight is 412 g/mol. The molecule has 1 fully saturated rings. The molecule has 1 N–H and O–H groups in total. The minimum absolute atomic E-state index is 0.0380. The largest absolute Gasteiger partial charge is 0.355 e. The van der Waals surface area contributed by atoms with Crippen LogP contribution < -0.4 is 10.2 Å². The molecule has 0 aliphatic carbocycles. The van der Waals surface area contributed by atoms with Gasteiger partial charge in [-0.3, -0.25) is 4.79 Å². The minimum Gasteiger partial charge on any atom is -0.355 e. The molecule has 1 aliphatic rings. The van der Waals surface area contributed by atoms with Gasteiger partial charge < -0.3 is 14.8 Å². The molecule has 2 aromatic carbocycles.